The van der Waals surface area contributed by atoms with Crippen LogP contribution >= 0.6 is 0 Å². The Morgan fingerprint density at radius 1 is 1.50 bits per heavy atom. The van der Waals surface area contributed by atoms with Crippen molar-refractivity contribution < 1.29 is 4.79 Å². The topological polar surface area (TPSA) is 44.4 Å². The molecule has 4 heteroatoms. The molecule has 0 radical (unpaired) electrons. The van der Waals surface area contributed by atoms with E-state index in [0.717, 1.165) is 13.2 Å². The summed E-state index contributed by atoms with van der Waals surface area (Å²) >= 11 is 0. The lowest BCUT2D eigenvalue weighted by Crippen LogP contribution is -2.38. The van der Waals surface area contributed by atoms with E-state index < -0.39 is 0 Å². The predicted molar refractivity (Wildman–Crippen MR) is 40.4 cm³/mol. The number of nitrogens with zero attached hydrogens (tertiary/aromatic N) is 1. The summed E-state index contributed by atoms with van der Waals surface area (Å²) in [5.41, 5.74) is 0. The maximum atomic E-state index is 9.87. The van der Waals surface area contributed by atoms with Crippen molar-refractivity contribution in [3.05, 3.63) is 0 Å². The van der Waals surface area contributed by atoms with Gasteiger partial charge >= 0.3 is 0 Å². The van der Waals surface area contributed by atoms with Crippen LogP contribution in [0.5, 0.6) is 0 Å². The zero-order valence-corrected chi connectivity index (χ0v) is 6.55. The Bertz CT molecular complexity index is 87.1. The molecule has 0 rings (SSSR count). The molecule has 0 saturated carbocycles. The summed E-state index contributed by atoms with van der Waals surface area (Å²) in [6.45, 7) is 4.39. The SMILES string of the molecule is CCN(CNC)CNC=O. The number of carbonyl (C=O) groups excluding carboxylic acids is 1. The quantitative estimate of drug-likeness (QED) is 0.379. The molecule has 0 unspecified atom stereocenters. The van der Waals surface area contributed by atoms with Crippen LogP contribution in [0.3, 0.4) is 0 Å². The molecule has 0 saturated heterocycles. The van der Waals surface area contributed by atoms with Crippen molar-refractivity contribution in [2.75, 3.05) is 26.9 Å². The number of amides is 1. The van der Waals surface area contributed by atoms with Gasteiger partial charge in [0.25, 0.3) is 0 Å². The Labute approximate surface area is 61.6 Å². The molecule has 0 aromatic heterocycles. The van der Waals surface area contributed by atoms with E-state index >= 15 is 0 Å². The van der Waals surface area contributed by atoms with E-state index in [1.54, 1.807) is 0 Å². The van der Waals surface area contributed by atoms with Crippen LogP contribution < -0.4 is 10.6 Å². The molecule has 60 valence electrons. The summed E-state index contributed by atoms with van der Waals surface area (Å²) < 4.78 is 0. The van der Waals surface area contributed by atoms with Gasteiger partial charge in [0.1, 0.15) is 0 Å². The Kier molecular flexibility index (Phi) is 6.11. The van der Waals surface area contributed by atoms with Crippen molar-refractivity contribution in [3.63, 3.8) is 0 Å². The summed E-state index contributed by atoms with van der Waals surface area (Å²) in [5.74, 6) is 0. The van der Waals surface area contributed by atoms with Crippen LogP contribution in [0.4, 0.5) is 0 Å². The molecular formula is C6H15N3O. The first kappa shape index (κ1) is 9.39. The molecule has 0 fully saturated rings. The summed E-state index contributed by atoms with van der Waals surface area (Å²) in [6, 6.07) is 0. The highest BCUT2D eigenvalue weighted by Crippen LogP contribution is 1.78. The summed E-state index contributed by atoms with van der Waals surface area (Å²) in [5, 5.41) is 5.59. The Morgan fingerprint density at radius 3 is 2.60 bits per heavy atom. The van der Waals surface area contributed by atoms with E-state index in [1.165, 1.54) is 0 Å². The van der Waals surface area contributed by atoms with E-state index in [2.05, 4.69) is 15.5 Å². The van der Waals surface area contributed by atoms with Crippen molar-refractivity contribution in [3.8, 4) is 0 Å². The molecule has 1 amide bonds. The van der Waals surface area contributed by atoms with E-state index in [1.807, 2.05) is 14.0 Å². The van der Waals surface area contributed by atoms with Gasteiger partial charge in [-0.25, -0.2) is 0 Å². The molecule has 2 N–H and O–H groups in total. The molecule has 0 bridgehead atoms. The van der Waals surface area contributed by atoms with Crippen molar-refractivity contribution >= 4 is 6.41 Å². The van der Waals surface area contributed by atoms with Gasteiger partial charge in [-0.15, -0.1) is 0 Å². The summed E-state index contributed by atoms with van der Waals surface area (Å²) in [7, 11) is 1.88. The van der Waals surface area contributed by atoms with Gasteiger partial charge in [-0.2, -0.15) is 0 Å². The van der Waals surface area contributed by atoms with Gasteiger partial charge < -0.3 is 10.6 Å². The van der Waals surface area contributed by atoms with Crippen LogP contribution in [-0.4, -0.2) is 38.2 Å². The molecule has 0 aromatic rings. The highest BCUT2D eigenvalue weighted by atomic mass is 16.1. The third-order valence-corrected chi connectivity index (χ3v) is 1.23. The van der Waals surface area contributed by atoms with Gasteiger partial charge in [-0.3, -0.25) is 9.69 Å². The first-order valence-corrected chi connectivity index (χ1v) is 3.39. The van der Waals surface area contributed by atoms with Gasteiger partial charge in [-0.1, -0.05) is 6.92 Å². The first-order chi connectivity index (χ1) is 4.85. The second kappa shape index (κ2) is 6.51. The zero-order valence-electron chi connectivity index (χ0n) is 6.55. The van der Waals surface area contributed by atoms with Crippen LogP contribution in [0, 0.1) is 0 Å². The van der Waals surface area contributed by atoms with Crippen LogP contribution in [0.15, 0.2) is 0 Å². The lowest BCUT2D eigenvalue weighted by atomic mass is 10.6. The predicted octanol–water partition coefficient (Wildman–Crippen LogP) is -0.811. The van der Waals surface area contributed by atoms with Crippen molar-refractivity contribution in [2.24, 2.45) is 0 Å². The highest BCUT2D eigenvalue weighted by Gasteiger charge is 1.96. The molecule has 0 spiro atoms. The molecule has 0 aromatic carbocycles. The number of hydrogen-bond donors (Lipinski definition) is 2. The monoisotopic (exact) mass is 145 g/mol. The maximum Gasteiger partial charge on any atom is 0.208 e. The van der Waals surface area contributed by atoms with Crippen molar-refractivity contribution in [1.29, 1.82) is 0 Å². The third-order valence-electron chi connectivity index (χ3n) is 1.23. The second-order valence-corrected chi connectivity index (χ2v) is 1.98. The molecule has 0 atom stereocenters. The minimum Gasteiger partial charge on any atom is -0.346 e. The van der Waals surface area contributed by atoms with E-state index in [4.69, 9.17) is 0 Å². The van der Waals surface area contributed by atoms with Gasteiger partial charge in [0.05, 0.1) is 6.67 Å². The number of nitrogens with one attached hydrogen (secondary N) is 2. The van der Waals surface area contributed by atoms with Crippen LogP contribution in [0.2, 0.25) is 0 Å². The highest BCUT2D eigenvalue weighted by molar-refractivity contribution is 5.45. The van der Waals surface area contributed by atoms with Crippen LogP contribution in [0.25, 0.3) is 0 Å². The van der Waals surface area contributed by atoms with E-state index in [0.29, 0.717) is 13.1 Å². The van der Waals surface area contributed by atoms with Gasteiger partial charge in [-0.05, 0) is 13.6 Å². The molecule has 4 nitrogen and oxygen atoms in total. The molecular weight excluding hydrogens is 130 g/mol. The fourth-order valence-electron chi connectivity index (χ4n) is 0.669. The maximum absolute atomic E-state index is 9.87. The third kappa shape index (κ3) is 4.29. The Morgan fingerprint density at radius 2 is 2.20 bits per heavy atom. The molecule has 0 aliphatic heterocycles. The number of rotatable bonds is 6. The van der Waals surface area contributed by atoms with Gasteiger partial charge in [0, 0.05) is 6.67 Å². The lowest BCUT2D eigenvalue weighted by molar-refractivity contribution is -0.110. The molecule has 0 aliphatic rings. The fourth-order valence-corrected chi connectivity index (χ4v) is 0.669. The number of carbonyl (C=O) groups is 1. The van der Waals surface area contributed by atoms with E-state index in [9.17, 15) is 4.79 Å². The van der Waals surface area contributed by atoms with Crippen molar-refractivity contribution in [1.82, 2.24) is 15.5 Å². The normalized spacial score (nSPS) is 9.90. The molecule has 0 aliphatic carbocycles. The number of hydrogen-bond acceptors (Lipinski definition) is 3. The average molecular weight is 145 g/mol. The smallest absolute Gasteiger partial charge is 0.208 e. The lowest BCUT2D eigenvalue weighted by Gasteiger charge is -2.18. The summed E-state index contributed by atoms with van der Waals surface area (Å²) in [6.07, 6.45) is 0.707. The molecule has 0 heterocycles. The Balaban J connectivity index is 3.29. The second-order valence-electron chi connectivity index (χ2n) is 1.98. The van der Waals surface area contributed by atoms with Gasteiger partial charge in [0.2, 0.25) is 6.41 Å². The van der Waals surface area contributed by atoms with Crippen molar-refractivity contribution in [2.45, 2.75) is 6.92 Å². The summed E-state index contributed by atoms with van der Waals surface area (Å²) in [4.78, 5) is 11.9. The average Bonchev–Trinajstić information content (AvgIpc) is 1.98. The Hall–Kier alpha value is -0.610. The fraction of sp³-hybridized carbons (Fsp3) is 0.833. The minimum absolute atomic E-state index is 0.612. The van der Waals surface area contributed by atoms with Crippen LogP contribution in [-0.2, 0) is 4.79 Å². The largest absolute Gasteiger partial charge is 0.346 e. The van der Waals surface area contributed by atoms with E-state index in [-0.39, 0.29) is 0 Å². The standard InChI is InChI=1S/C6H15N3O/c1-3-9(4-7-2)5-8-6-10/h6-7H,3-5H2,1-2H3,(H,8,10). The minimum atomic E-state index is 0.612. The zero-order chi connectivity index (χ0) is 7.82. The molecule has 10 heavy (non-hydrogen) atoms. The van der Waals surface area contributed by atoms with Gasteiger partial charge in [0.15, 0.2) is 0 Å². The first-order valence-electron chi connectivity index (χ1n) is 3.39. The van der Waals surface area contributed by atoms with Crippen LogP contribution in [0.1, 0.15) is 6.92 Å².